The van der Waals surface area contributed by atoms with Crippen LogP contribution in [0.1, 0.15) is 27.9 Å². The van der Waals surface area contributed by atoms with Crippen LogP contribution < -0.4 is 10.6 Å². The van der Waals surface area contributed by atoms with Gasteiger partial charge in [-0.2, -0.15) is 5.26 Å². The van der Waals surface area contributed by atoms with Crippen molar-refractivity contribution in [1.29, 1.82) is 5.26 Å². The maximum absolute atomic E-state index is 15.1. The summed E-state index contributed by atoms with van der Waals surface area (Å²) in [5.41, 5.74) is 2.43. The number of nitrogens with zero attached hydrogens (tertiary/aromatic N) is 3. The van der Waals surface area contributed by atoms with Crippen LogP contribution >= 0.6 is 0 Å². The molecule has 1 amide bonds. The molecule has 9 heteroatoms. The van der Waals surface area contributed by atoms with E-state index in [2.05, 4.69) is 26.7 Å². The minimum Gasteiger partial charge on any atom is -0.375 e. The maximum atomic E-state index is 15.1. The van der Waals surface area contributed by atoms with E-state index in [1.54, 1.807) is 35.4 Å². The quantitative estimate of drug-likeness (QED) is 0.585. The van der Waals surface area contributed by atoms with Crippen molar-refractivity contribution in [2.24, 2.45) is 0 Å². The molecule has 0 bridgehead atoms. The summed E-state index contributed by atoms with van der Waals surface area (Å²) in [6.07, 6.45) is 3.24. The lowest BCUT2D eigenvalue weighted by Gasteiger charge is -2.39. The third-order valence-corrected chi connectivity index (χ3v) is 5.52. The van der Waals surface area contributed by atoms with Crippen molar-refractivity contribution in [2.45, 2.75) is 24.9 Å². The molecule has 1 aliphatic heterocycles. The van der Waals surface area contributed by atoms with E-state index < -0.39 is 24.4 Å². The van der Waals surface area contributed by atoms with E-state index >= 15 is 8.78 Å². The number of fused-ring (bicyclic) bond motifs is 1. The predicted molar refractivity (Wildman–Crippen MR) is 113 cm³/mol. The second-order valence-electron chi connectivity index (χ2n) is 7.64. The normalized spacial score (nSPS) is 18.5. The molecule has 3 heterocycles. The van der Waals surface area contributed by atoms with Gasteiger partial charge in [-0.1, -0.05) is 12.1 Å². The molecule has 31 heavy (non-hydrogen) atoms. The number of aromatic amines is 1. The van der Waals surface area contributed by atoms with Gasteiger partial charge < -0.3 is 15.6 Å². The highest BCUT2D eigenvalue weighted by Crippen LogP contribution is 2.34. The average Bonchev–Trinajstić information content (AvgIpc) is 3.24. The number of rotatable bonds is 5. The maximum Gasteiger partial charge on any atom is 0.280 e. The fraction of sp³-hybridized carbons (Fsp3) is 0.318. The number of aromatic nitrogens is 2. The molecule has 0 radical (unpaired) electrons. The lowest BCUT2D eigenvalue weighted by atomic mass is 9.98. The molecule has 4 rings (SSSR count). The summed E-state index contributed by atoms with van der Waals surface area (Å²) in [6, 6.07) is 9.66. The first-order valence-electron chi connectivity index (χ1n) is 9.95. The topological polar surface area (TPSA) is 96.8 Å². The monoisotopic (exact) mass is 424 g/mol. The van der Waals surface area contributed by atoms with Gasteiger partial charge in [-0.15, -0.1) is 0 Å². The van der Waals surface area contributed by atoms with E-state index in [1.807, 2.05) is 6.07 Å². The Morgan fingerprint density at radius 2 is 2.26 bits per heavy atom. The van der Waals surface area contributed by atoms with Crippen molar-refractivity contribution < 1.29 is 13.6 Å². The van der Waals surface area contributed by atoms with Crippen LogP contribution in [0.25, 0.3) is 11.0 Å². The summed E-state index contributed by atoms with van der Waals surface area (Å²) < 4.78 is 30.2. The minimum atomic E-state index is -3.02. The molecule has 1 unspecified atom stereocenters. The van der Waals surface area contributed by atoms with Crippen molar-refractivity contribution in [2.75, 3.05) is 25.5 Å². The van der Waals surface area contributed by atoms with Gasteiger partial charge in [0, 0.05) is 37.9 Å². The molecule has 0 saturated carbocycles. The summed E-state index contributed by atoms with van der Waals surface area (Å²) in [5.74, 6) is -3.41. The molecule has 1 saturated heterocycles. The van der Waals surface area contributed by atoms with Crippen molar-refractivity contribution in [3.63, 3.8) is 0 Å². The third-order valence-electron chi connectivity index (χ3n) is 5.52. The molecular weight excluding hydrogens is 402 g/mol. The molecule has 3 N–H and O–H groups in total. The van der Waals surface area contributed by atoms with Gasteiger partial charge >= 0.3 is 0 Å². The number of anilines is 1. The number of hydrogen-bond donors (Lipinski definition) is 3. The van der Waals surface area contributed by atoms with Crippen LogP contribution in [0.5, 0.6) is 0 Å². The van der Waals surface area contributed by atoms with Crippen molar-refractivity contribution in [1.82, 2.24) is 20.2 Å². The van der Waals surface area contributed by atoms with Crippen LogP contribution in [0.4, 0.5) is 14.5 Å². The highest BCUT2D eigenvalue weighted by atomic mass is 19.3. The molecule has 3 aromatic rings. The summed E-state index contributed by atoms with van der Waals surface area (Å²) in [4.78, 5) is 21.1. The molecule has 160 valence electrons. The molecule has 2 aromatic heterocycles. The molecule has 1 aliphatic rings. The Balaban J connectivity index is 1.54. The molecule has 1 atom stereocenters. The molecule has 0 aliphatic carbocycles. The van der Waals surface area contributed by atoms with Gasteiger partial charge in [-0.25, -0.2) is 13.8 Å². The zero-order valence-corrected chi connectivity index (χ0v) is 17.0. The van der Waals surface area contributed by atoms with Crippen LogP contribution in [0.15, 0.2) is 42.7 Å². The van der Waals surface area contributed by atoms with Gasteiger partial charge in [0.1, 0.15) is 5.65 Å². The minimum absolute atomic E-state index is 0.201. The van der Waals surface area contributed by atoms with E-state index in [0.29, 0.717) is 35.4 Å². The standard InChI is InChI=1S/C22H22F2N6O/c1-26-21(31)17-11-28-20-16(5-7-27-20)19(17)29-18-6-8-30(13-22(18,23)24)12-15-4-2-3-14(9-15)10-25/h2-5,7,9,11,18H,6,8,12-13H2,1H3,(H,26,31)(H2,27,28,29). The smallest absolute Gasteiger partial charge is 0.280 e. The van der Waals surface area contributed by atoms with Crippen molar-refractivity contribution >= 4 is 22.6 Å². The van der Waals surface area contributed by atoms with E-state index in [4.69, 9.17) is 5.26 Å². The molecule has 0 spiro atoms. The lowest BCUT2D eigenvalue weighted by Crippen LogP contribution is -2.54. The number of likely N-dealkylation sites (tertiary alicyclic amines) is 1. The fourth-order valence-corrected chi connectivity index (χ4v) is 3.96. The highest BCUT2D eigenvalue weighted by Gasteiger charge is 2.45. The molecule has 1 fully saturated rings. The summed E-state index contributed by atoms with van der Waals surface area (Å²) in [6.45, 7) is 0.386. The largest absolute Gasteiger partial charge is 0.375 e. The average molecular weight is 424 g/mol. The number of alkyl halides is 2. The van der Waals surface area contributed by atoms with Crippen LogP contribution in [0, 0.1) is 11.3 Å². The first-order valence-corrected chi connectivity index (χ1v) is 9.95. The Bertz CT molecular complexity index is 1150. The number of nitriles is 1. The van der Waals surface area contributed by atoms with E-state index in [9.17, 15) is 4.79 Å². The van der Waals surface area contributed by atoms with Gasteiger partial charge in [0.05, 0.1) is 35.5 Å². The summed E-state index contributed by atoms with van der Waals surface area (Å²) >= 11 is 0. The van der Waals surface area contributed by atoms with E-state index in [1.165, 1.54) is 13.2 Å². The molecular formula is C22H22F2N6O. The molecule has 7 nitrogen and oxygen atoms in total. The van der Waals surface area contributed by atoms with Crippen LogP contribution in [0.2, 0.25) is 0 Å². The predicted octanol–water partition coefficient (Wildman–Crippen LogP) is 3.12. The van der Waals surface area contributed by atoms with E-state index in [-0.39, 0.29) is 12.0 Å². The SMILES string of the molecule is CNC(=O)c1cnc2[nH]ccc2c1NC1CCN(Cc2cccc(C#N)c2)CC1(F)F. The Labute approximate surface area is 178 Å². The van der Waals surface area contributed by atoms with Gasteiger partial charge in [0.2, 0.25) is 0 Å². The first-order chi connectivity index (χ1) is 14.9. The number of carbonyl (C=O) groups is 1. The number of carbonyl (C=O) groups excluding carboxylic acids is 1. The Hall–Kier alpha value is -3.51. The highest BCUT2D eigenvalue weighted by molar-refractivity contribution is 6.06. The Morgan fingerprint density at radius 3 is 3.00 bits per heavy atom. The zero-order valence-electron chi connectivity index (χ0n) is 17.0. The van der Waals surface area contributed by atoms with Crippen LogP contribution in [-0.2, 0) is 6.54 Å². The Morgan fingerprint density at radius 1 is 1.42 bits per heavy atom. The van der Waals surface area contributed by atoms with Gasteiger partial charge in [0.25, 0.3) is 11.8 Å². The number of benzene rings is 1. The number of halogens is 2. The second kappa shape index (κ2) is 8.32. The number of nitrogens with one attached hydrogen (secondary N) is 3. The van der Waals surface area contributed by atoms with Gasteiger partial charge in [-0.3, -0.25) is 9.69 Å². The van der Waals surface area contributed by atoms with Crippen LogP contribution in [0.3, 0.4) is 0 Å². The Kier molecular flexibility index (Phi) is 5.57. The lowest BCUT2D eigenvalue weighted by molar-refractivity contribution is -0.0758. The summed E-state index contributed by atoms with van der Waals surface area (Å²) in [5, 5.41) is 15.1. The van der Waals surface area contributed by atoms with Gasteiger partial charge in [0.15, 0.2) is 0 Å². The number of amides is 1. The van der Waals surface area contributed by atoms with E-state index in [0.717, 1.165) is 5.56 Å². The number of H-pyrrole nitrogens is 1. The number of piperidine rings is 1. The van der Waals surface area contributed by atoms with Gasteiger partial charge in [-0.05, 0) is 30.2 Å². The first kappa shape index (κ1) is 20.8. The fourth-order valence-electron chi connectivity index (χ4n) is 3.96. The second-order valence-corrected chi connectivity index (χ2v) is 7.64. The van der Waals surface area contributed by atoms with Crippen molar-refractivity contribution in [3.05, 3.63) is 59.4 Å². The van der Waals surface area contributed by atoms with Crippen molar-refractivity contribution in [3.8, 4) is 6.07 Å². The van der Waals surface area contributed by atoms with Crippen LogP contribution in [-0.4, -0.2) is 52.9 Å². The zero-order chi connectivity index (χ0) is 22.0. The number of pyridine rings is 1. The summed E-state index contributed by atoms with van der Waals surface area (Å²) in [7, 11) is 1.49. The molecule has 1 aromatic carbocycles. The number of hydrogen-bond acceptors (Lipinski definition) is 5. The third kappa shape index (κ3) is 4.20.